The molecule has 1 amide bonds. The van der Waals surface area contributed by atoms with E-state index in [1.807, 2.05) is 36.4 Å². The maximum absolute atomic E-state index is 12.5. The molecule has 0 aliphatic rings. The molecule has 2 aromatic carbocycles. The molecule has 3 aromatic heterocycles. The molecular weight excluding hydrogens is 446 g/mol. The number of para-hydroxylation sites is 1. The van der Waals surface area contributed by atoms with Crippen molar-refractivity contribution in [3.05, 3.63) is 53.9 Å². The molecule has 0 spiro atoms. The van der Waals surface area contributed by atoms with Crippen LogP contribution < -0.4 is 5.32 Å². The van der Waals surface area contributed by atoms with E-state index in [1.54, 1.807) is 11.3 Å². The number of thiazole rings is 1. The highest BCUT2D eigenvalue weighted by atomic mass is 32.2. The summed E-state index contributed by atoms with van der Waals surface area (Å²) in [6.07, 6.45) is 0.957. The smallest absolute Gasteiger partial charge is 0.236 e. The Morgan fingerprint density at radius 3 is 2.74 bits per heavy atom. The van der Waals surface area contributed by atoms with Crippen LogP contribution in [0.2, 0.25) is 0 Å². The molecule has 0 aliphatic heterocycles. The lowest BCUT2D eigenvalue weighted by molar-refractivity contribution is -0.113. The predicted octanol–water partition coefficient (Wildman–Crippen LogP) is 5.91. The molecule has 3 heterocycles. The summed E-state index contributed by atoms with van der Waals surface area (Å²) < 4.78 is 4.40. The third kappa shape index (κ3) is 4.08. The Balaban J connectivity index is 1.34. The van der Waals surface area contributed by atoms with Gasteiger partial charge in [-0.2, -0.15) is 0 Å². The Bertz CT molecular complexity index is 1340. The topological polar surface area (TPSA) is 72.7 Å². The summed E-state index contributed by atoms with van der Waals surface area (Å²) in [5, 5.41) is 16.5. The van der Waals surface area contributed by atoms with E-state index < -0.39 is 0 Å². The number of anilines is 1. The van der Waals surface area contributed by atoms with Gasteiger partial charge in [0.15, 0.2) is 16.1 Å². The molecule has 0 radical (unpaired) electrons. The van der Waals surface area contributed by atoms with Gasteiger partial charge in [0.05, 0.1) is 16.0 Å². The number of benzene rings is 2. The second-order valence-electron chi connectivity index (χ2n) is 6.93. The van der Waals surface area contributed by atoms with Crippen molar-refractivity contribution in [1.29, 1.82) is 0 Å². The van der Waals surface area contributed by atoms with E-state index in [-0.39, 0.29) is 11.7 Å². The number of thiophene rings is 1. The molecule has 0 saturated carbocycles. The third-order valence-corrected chi connectivity index (χ3v) is 7.64. The molecule has 0 aliphatic carbocycles. The average Bonchev–Trinajstić information content (AvgIpc) is 3.48. The first-order valence-electron chi connectivity index (χ1n) is 9.91. The van der Waals surface area contributed by atoms with Gasteiger partial charge in [0.25, 0.3) is 0 Å². The Hall–Kier alpha value is -2.75. The van der Waals surface area contributed by atoms with E-state index in [0.717, 1.165) is 39.7 Å². The highest BCUT2D eigenvalue weighted by Crippen LogP contribution is 2.34. The molecule has 5 rings (SSSR count). The lowest BCUT2D eigenvalue weighted by Crippen LogP contribution is -2.14. The number of aromatic nitrogens is 4. The molecule has 0 bridgehead atoms. The number of nitrogens with one attached hydrogen (secondary N) is 1. The molecule has 6 nitrogen and oxygen atoms in total. The maximum atomic E-state index is 12.5. The number of thioether (sulfide) groups is 1. The predicted molar refractivity (Wildman–Crippen MR) is 130 cm³/mol. The summed E-state index contributed by atoms with van der Waals surface area (Å²) in [5.41, 5.74) is 1.98. The van der Waals surface area contributed by atoms with Crippen molar-refractivity contribution in [2.24, 2.45) is 0 Å². The first kappa shape index (κ1) is 20.2. The molecule has 1 N–H and O–H groups in total. The largest absolute Gasteiger partial charge is 0.302 e. The molecule has 5 aromatic rings. The normalized spacial score (nSPS) is 11.4. The minimum atomic E-state index is -0.0994. The SMILES string of the molecule is CCCn1c(SCC(=O)Nc2nc3ccccc3s2)nnc1-c1csc2ccccc12. The monoisotopic (exact) mass is 465 g/mol. The summed E-state index contributed by atoms with van der Waals surface area (Å²) >= 11 is 4.59. The Kier molecular flexibility index (Phi) is 5.71. The number of nitrogens with zero attached hydrogens (tertiary/aromatic N) is 4. The number of amides is 1. The number of fused-ring (bicyclic) bond motifs is 2. The van der Waals surface area contributed by atoms with E-state index >= 15 is 0 Å². The van der Waals surface area contributed by atoms with Gasteiger partial charge in [-0.25, -0.2) is 4.98 Å². The van der Waals surface area contributed by atoms with Gasteiger partial charge in [-0.3, -0.25) is 4.79 Å². The van der Waals surface area contributed by atoms with Crippen LogP contribution in [0.3, 0.4) is 0 Å². The minimum Gasteiger partial charge on any atom is -0.302 e. The Morgan fingerprint density at radius 1 is 1.10 bits per heavy atom. The van der Waals surface area contributed by atoms with Crippen LogP contribution in [0.25, 0.3) is 31.7 Å². The zero-order valence-corrected chi connectivity index (χ0v) is 19.2. The molecule has 31 heavy (non-hydrogen) atoms. The van der Waals surface area contributed by atoms with Crippen LogP contribution in [0.4, 0.5) is 5.13 Å². The number of rotatable bonds is 7. The maximum Gasteiger partial charge on any atom is 0.236 e. The molecule has 156 valence electrons. The molecule has 0 unspecified atom stereocenters. The number of hydrogen-bond donors (Lipinski definition) is 1. The summed E-state index contributed by atoms with van der Waals surface area (Å²) in [6, 6.07) is 16.2. The highest BCUT2D eigenvalue weighted by Gasteiger charge is 2.18. The zero-order chi connectivity index (χ0) is 21.2. The highest BCUT2D eigenvalue weighted by molar-refractivity contribution is 7.99. The lowest BCUT2D eigenvalue weighted by Gasteiger charge is -2.08. The van der Waals surface area contributed by atoms with Gasteiger partial charge in [0.1, 0.15) is 0 Å². The summed E-state index contributed by atoms with van der Waals surface area (Å²) in [6.45, 7) is 2.93. The van der Waals surface area contributed by atoms with Crippen molar-refractivity contribution in [2.45, 2.75) is 25.0 Å². The van der Waals surface area contributed by atoms with E-state index in [9.17, 15) is 4.79 Å². The van der Waals surface area contributed by atoms with Crippen LogP contribution in [0.15, 0.2) is 59.1 Å². The molecule has 0 fully saturated rings. The average molecular weight is 466 g/mol. The van der Waals surface area contributed by atoms with Crippen LogP contribution in [-0.2, 0) is 11.3 Å². The fourth-order valence-electron chi connectivity index (χ4n) is 3.38. The summed E-state index contributed by atoms with van der Waals surface area (Å²) in [7, 11) is 0. The van der Waals surface area contributed by atoms with E-state index in [4.69, 9.17) is 0 Å². The lowest BCUT2D eigenvalue weighted by atomic mass is 10.1. The molecule has 9 heteroatoms. The van der Waals surface area contributed by atoms with Crippen molar-refractivity contribution in [3.8, 4) is 11.4 Å². The number of carbonyl (C=O) groups is 1. The fourth-order valence-corrected chi connectivity index (χ4v) is 5.97. The molecular formula is C22H19N5OS3. The van der Waals surface area contributed by atoms with Crippen LogP contribution in [0.5, 0.6) is 0 Å². The summed E-state index contributed by atoms with van der Waals surface area (Å²) in [5.74, 6) is 1.01. The first-order chi connectivity index (χ1) is 15.2. The van der Waals surface area contributed by atoms with Crippen molar-refractivity contribution < 1.29 is 4.79 Å². The first-order valence-corrected chi connectivity index (χ1v) is 12.6. The van der Waals surface area contributed by atoms with Gasteiger partial charge in [-0.15, -0.1) is 21.5 Å². The second-order valence-corrected chi connectivity index (χ2v) is 9.81. The van der Waals surface area contributed by atoms with Crippen LogP contribution >= 0.6 is 34.4 Å². The van der Waals surface area contributed by atoms with Gasteiger partial charge in [-0.05, 0) is 24.6 Å². The number of carbonyl (C=O) groups excluding carboxylic acids is 1. The Labute approximate surface area is 191 Å². The van der Waals surface area contributed by atoms with Crippen LogP contribution in [0, 0.1) is 0 Å². The van der Waals surface area contributed by atoms with Gasteiger partial charge in [0, 0.05) is 27.6 Å². The van der Waals surface area contributed by atoms with Crippen LogP contribution in [-0.4, -0.2) is 31.4 Å². The van der Waals surface area contributed by atoms with Gasteiger partial charge >= 0.3 is 0 Å². The Morgan fingerprint density at radius 2 is 1.90 bits per heavy atom. The standard InChI is InChI=1S/C22H19N5OS3/c1-2-11-27-20(15-12-29-17-9-5-3-7-14(15)17)25-26-22(27)30-13-19(28)24-21-23-16-8-4-6-10-18(16)31-21/h3-10,12H,2,11,13H2,1H3,(H,23,24,28). The van der Waals surface area contributed by atoms with E-state index in [2.05, 4.69) is 49.5 Å². The third-order valence-electron chi connectivity index (χ3n) is 4.76. The number of hydrogen-bond acceptors (Lipinski definition) is 7. The van der Waals surface area contributed by atoms with E-state index in [0.29, 0.717) is 5.13 Å². The van der Waals surface area contributed by atoms with Crippen molar-refractivity contribution in [3.63, 3.8) is 0 Å². The van der Waals surface area contributed by atoms with Crippen molar-refractivity contribution >= 4 is 65.8 Å². The second kappa shape index (κ2) is 8.78. The minimum absolute atomic E-state index is 0.0994. The van der Waals surface area contributed by atoms with Crippen molar-refractivity contribution in [1.82, 2.24) is 19.7 Å². The quantitative estimate of drug-likeness (QED) is 0.303. The molecule has 0 saturated heterocycles. The van der Waals surface area contributed by atoms with Gasteiger partial charge in [0.2, 0.25) is 5.91 Å². The molecule has 0 atom stereocenters. The fraction of sp³-hybridized carbons (Fsp3) is 0.182. The van der Waals surface area contributed by atoms with Gasteiger partial charge in [-0.1, -0.05) is 60.4 Å². The summed E-state index contributed by atoms with van der Waals surface area (Å²) in [4.78, 5) is 17.0. The van der Waals surface area contributed by atoms with Crippen molar-refractivity contribution in [2.75, 3.05) is 11.1 Å². The zero-order valence-electron chi connectivity index (χ0n) is 16.7. The van der Waals surface area contributed by atoms with Crippen LogP contribution in [0.1, 0.15) is 13.3 Å². The van der Waals surface area contributed by atoms with Gasteiger partial charge < -0.3 is 9.88 Å². The van der Waals surface area contributed by atoms with E-state index in [1.165, 1.54) is 33.2 Å².